The lowest BCUT2D eigenvalue weighted by atomic mass is 10.1. The van der Waals surface area contributed by atoms with E-state index in [4.69, 9.17) is 16.0 Å². The molecule has 1 aliphatic heterocycles. The minimum atomic E-state index is -0.750. The summed E-state index contributed by atoms with van der Waals surface area (Å²) in [6.45, 7) is 7.86. The van der Waals surface area contributed by atoms with Gasteiger partial charge in [-0.25, -0.2) is 15.4 Å². The van der Waals surface area contributed by atoms with Gasteiger partial charge in [0.1, 0.15) is 11.9 Å². The van der Waals surface area contributed by atoms with Gasteiger partial charge in [0, 0.05) is 18.9 Å². The van der Waals surface area contributed by atoms with Crippen molar-refractivity contribution >= 4 is 0 Å². The third-order valence-electron chi connectivity index (χ3n) is 2.79. The maximum atomic E-state index is 13.7. The van der Waals surface area contributed by atoms with Crippen LogP contribution in [0.1, 0.15) is 18.4 Å². The summed E-state index contributed by atoms with van der Waals surface area (Å²) >= 11 is 0. The van der Waals surface area contributed by atoms with E-state index < -0.39 is 11.6 Å². The Morgan fingerprint density at radius 1 is 1.33 bits per heavy atom. The van der Waals surface area contributed by atoms with Crippen LogP contribution in [-0.2, 0) is 11.3 Å². The molecule has 3 nitrogen and oxygen atoms in total. The molecule has 2 rings (SSSR count). The van der Waals surface area contributed by atoms with E-state index in [0.717, 1.165) is 12.1 Å². The SMILES string of the molecule is [C-]#[N+]Cc1cc(F)cc(F)c1OC1CCOCC1. The molecule has 0 unspecified atom stereocenters. The molecule has 96 valence electrons. The molecule has 0 N–H and O–H groups in total. The molecule has 1 aliphatic rings. The quantitative estimate of drug-likeness (QED) is 0.773. The zero-order valence-electron chi connectivity index (χ0n) is 9.79. The third kappa shape index (κ3) is 2.96. The molecule has 0 bridgehead atoms. The van der Waals surface area contributed by atoms with Crippen LogP contribution in [0.2, 0.25) is 0 Å². The topological polar surface area (TPSA) is 22.8 Å². The van der Waals surface area contributed by atoms with Gasteiger partial charge in [0.25, 0.3) is 0 Å². The van der Waals surface area contributed by atoms with Gasteiger partial charge in [-0.2, -0.15) is 0 Å². The summed E-state index contributed by atoms with van der Waals surface area (Å²) in [6.07, 6.45) is 1.21. The van der Waals surface area contributed by atoms with E-state index in [-0.39, 0.29) is 24.0 Å². The van der Waals surface area contributed by atoms with Crippen molar-refractivity contribution in [3.63, 3.8) is 0 Å². The maximum absolute atomic E-state index is 13.7. The first-order chi connectivity index (χ1) is 8.70. The lowest BCUT2D eigenvalue weighted by molar-refractivity contribution is 0.0236. The Hall–Kier alpha value is -1.67. The fourth-order valence-electron chi connectivity index (χ4n) is 1.91. The highest BCUT2D eigenvalue weighted by Crippen LogP contribution is 2.28. The lowest BCUT2D eigenvalue weighted by Crippen LogP contribution is -2.26. The zero-order chi connectivity index (χ0) is 13.0. The van der Waals surface area contributed by atoms with E-state index in [1.807, 2.05) is 0 Å². The summed E-state index contributed by atoms with van der Waals surface area (Å²) in [4.78, 5) is 3.15. The molecular formula is C13H13F2NO2. The highest BCUT2D eigenvalue weighted by molar-refractivity contribution is 5.36. The van der Waals surface area contributed by atoms with E-state index >= 15 is 0 Å². The lowest BCUT2D eigenvalue weighted by Gasteiger charge is -2.24. The van der Waals surface area contributed by atoms with Crippen molar-refractivity contribution in [1.29, 1.82) is 0 Å². The fraction of sp³-hybridized carbons (Fsp3) is 0.462. The summed E-state index contributed by atoms with van der Waals surface area (Å²) in [5.41, 5.74) is 0.258. The molecule has 1 aromatic rings. The average Bonchev–Trinajstić information content (AvgIpc) is 2.35. The Balaban J connectivity index is 2.22. The van der Waals surface area contributed by atoms with Gasteiger partial charge < -0.3 is 14.3 Å². The molecule has 0 radical (unpaired) electrons. The van der Waals surface area contributed by atoms with Crippen molar-refractivity contribution in [3.8, 4) is 5.75 Å². The first kappa shape index (κ1) is 12.8. The molecule has 18 heavy (non-hydrogen) atoms. The Morgan fingerprint density at radius 2 is 2.06 bits per heavy atom. The predicted octanol–water partition coefficient (Wildman–Crippen LogP) is 2.94. The van der Waals surface area contributed by atoms with Crippen LogP contribution in [0.25, 0.3) is 4.85 Å². The number of ether oxygens (including phenoxy) is 2. The third-order valence-corrected chi connectivity index (χ3v) is 2.79. The smallest absolute Gasteiger partial charge is 0.243 e. The second-order valence-corrected chi connectivity index (χ2v) is 4.12. The molecule has 0 saturated carbocycles. The van der Waals surface area contributed by atoms with Crippen LogP contribution < -0.4 is 4.74 Å². The van der Waals surface area contributed by atoms with Crippen LogP contribution in [-0.4, -0.2) is 19.3 Å². The normalized spacial score (nSPS) is 16.3. The molecule has 0 aliphatic carbocycles. The zero-order valence-corrected chi connectivity index (χ0v) is 9.79. The molecule has 0 amide bonds. The first-order valence-corrected chi connectivity index (χ1v) is 5.76. The van der Waals surface area contributed by atoms with E-state index in [1.165, 1.54) is 0 Å². The maximum Gasteiger partial charge on any atom is 0.243 e. The van der Waals surface area contributed by atoms with Crippen LogP contribution in [0.4, 0.5) is 8.78 Å². The van der Waals surface area contributed by atoms with Crippen molar-refractivity contribution in [2.24, 2.45) is 0 Å². The van der Waals surface area contributed by atoms with Gasteiger partial charge in [-0.05, 0) is 6.07 Å². The van der Waals surface area contributed by atoms with Crippen LogP contribution >= 0.6 is 0 Å². The molecule has 0 aromatic heterocycles. The fourth-order valence-corrected chi connectivity index (χ4v) is 1.91. The van der Waals surface area contributed by atoms with E-state index in [0.29, 0.717) is 26.1 Å². The van der Waals surface area contributed by atoms with Crippen molar-refractivity contribution in [2.75, 3.05) is 13.2 Å². The highest BCUT2D eigenvalue weighted by Gasteiger charge is 2.21. The van der Waals surface area contributed by atoms with Gasteiger partial charge in [-0.1, -0.05) is 0 Å². The van der Waals surface area contributed by atoms with Gasteiger partial charge in [-0.15, -0.1) is 0 Å². The monoisotopic (exact) mass is 253 g/mol. The van der Waals surface area contributed by atoms with E-state index in [9.17, 15) is 8.78 Å². The Morgan fingerprint density at radius 3 is 2.72 bits per heavy atom. The molecular weight excluding hydrogens is 240 g/mol. The largest absolute Gasteiger partial charge is 0.487 e. The van der Waals surface area contributed by atoms with Gasteiger partial charge in [-0.3, -0.25) is 0 Å². The van der Waals surface area contributed by atoms with Crippen LogP contribution in [0.15, 0.2) is 12.1 Å². The van der Waals surface area contributed by atoms with Crippen molar-refractivity contribution < 1.29 is 18.3 Å². The van der Waals surface area contributed by atoms with Crippen LogP contribution in [0, 0.1) is 18.2 Å². The van der Waals surface area contributed by atoms with Gasteiger partial charge in [0.2, 0.25) is 6.54 Å². The summed E-state index contributed by atoms with van der Waals surface area (Å²) in [6, 6.07) is 1.93. The minimum Gasteiger partial charge on any atom is -0.487 e. The van der Waals surface area contributed by atoms with E-state index in [2.05, 4.69) is 4.85 Å². The molecule has 5 heteroatoms. The summed E-state index contributed by atoms with van der Waals surface area (Å²) in [5.74, 6) is -1.44. The minimum absolute atomic E-state index is 0.000648. The van der Waals surface area contributed by atoms with Crippen molar-refractivity contribution in [1.82, 2.24) is 0 Å². The predicted molar refractivity (Wildman–Crippen MR) is 61.1 cm³/mol. The van der Waals surface area contributed by atoms with Crippen molar-refractivity contribution in [3.05, 3.63) is 40.7 Å². The Kier molecular flexibility index (Phi) is 4.11. The summed E-state index contributed by atoms with van der Waals surface area (Å²) < 4.78 is 37.5. The number of benzene rings is 1. The molecule has 1 aromatic carbocycles. The summed E-state index contributed by atoms with van der Waals surface area (Å²) in [7, 11) is 0. The number of hydrogen-bond donors (Lipinski definition) is 0. The second kappa shape index (κ2) is 5.78. The van der Waals surface area contributed by atoms with E-state index in [1.54, 1.807) is 0 Å². The molecule has 1 saturated heterocycles. The number of nitrogens with zero attached hydrogens (tertiary/aromatic N) is 1. The molecule has 1 fully saturated rings. The van der Waals surface area contributed by atoms with Gasteiger partial charge >= 0.3 is 0 Å². The second-order valence-electron chi connectivity index (χ2n) is 4.12. The average molecular weight is 253 g/mol. The van der Waals surface area contributed by atoms with Crippen LogP contribution in [0.3, 0.4) is 0 Å². The number of hydrogen-bond acceptors (Lipinski definition) is 2. The molecule has 0 spiro atoms. The molecule has 0 atom stereocenters. The van der Waals surface area contributed by atoms with Gasteiger partial charge in [0.15, 0.2) is 11.6 Å². The first-order valence-electron chi connectivity index (χ1n) is 5.76. The molecule has 1 heterocycles. The Labute approximate surface area is 104 Å². The Bertz CT molecular complexity index is 465. The van der Waals surface area contributed by atoms with Crippen LogP contribution in [0.5, 0.6) is 5.75 Å². The summed E-state index contributed by atoms with van der Waals surface area (Å²) in [5, 5.41) is 0. The van der Waals surface area contributed by atoms with Crippen molar-refractivity contribution in [2.45, 2.75) is 25.5 Å². The standard InChI is InChI=1S/C13H13F2NO2/c1-16-8-9-6-10(14)7-12(15)13(9)18-11-2-4-17-5-3-11/h6-7,11H,2-5,8H2. The number of rotatable bonds is 3. The van der Waals surface area contributed by atoms with Gasteiger partial charge in [0.05, 0.1) is 18.8 Å². The highest BCUT2D eigenvalue weighted by atomic mass is 19.1. The number of halogens is 2.